The third-order valence-corrected chi connectivity index (χ3v) is 4.21. The fraction of sp³-hybridized carbons (Fsp3) is 0.300. The van der Waals surface area contributed by atoms with Crippen LogP contribution < -0.4 is 5.32 Å². The molecule has 136 valence electrons. The van der Waals surface area contributed by atoms with Gasteiger partial charge in [-0.2, -0.15) is 0 Å². The standard InChI is InChI=1S/C20H22N2O4/c1-14(18-9-5-11-25-18)22-19(23)13-26-20(24)10-4-6-15-12-21-17-8-3-2-7-16(15)17/h2-3,5,7-9,11-12,14,21H,4,6,10,13H2,1H3,(H,22,23)/t14-/m0/s1. The van der Waals surface area contributed by atoms with Crippen molar-refractivity contribution in [2.45, 2.75) is 32.2 Å². The first-order valence-corrected chi connectivity index (χ1v) is 8.67. The molecule has 0 aliphatic heterocycles. The number of nitrogens with one attached hydrogen (secondary N) is 2. The number of aromatic amines is 1. The number of ether oxygens (including phenoxy) is 1. The molecule has 2 aromatic heterocycles. The Labute approximate surface area is 151 Å². The lowest BCUT2D eigenvalue weighted by Gasteiger charge is -2.11. The van der Waals surface area contributed by atoms with E-state index in [9.17, 15) is 9.59 Å². The molecule has 0 aliphatic rings. The summed E-state index contributed by atoms with van der Waals surface area (Å²) in [6, 6.07) is 11.3. The minimum Gasteiger partial charge on any atom is -0.467 e. The Kier molecular flexibility index (Phi) is 5.73. The van der Waals surface area contributed by atoms with E-state index in [1.165, 1.54) is 10.9 Å². The number of hydrogen-bond acceptors (Lipinski definition) is 4. The van der Waals surface area contributed by atoms with Gasteiger partial charge < -0.3 is 19.5 Å². The van der Waals surface area contributed by atoms with Gasteiger partial charge in [-0.05, 0) is 43.5 Å². The number of furan rings is 1. The van der Waals surface area contributed by atoms with Gasteiger partial charge in [0.25, 0.3) is 5.91 Å². The van der Waals surface area contributed by atoms with E-state index < -0.39 is 0 Å². The fourth-order valence-electron chi connectivity index (χ4n) is 2.87. The summed E-state index contributed by atoms with van der Waals surface area (Å²) in [6.07, 6.45) is 5.25. The number of esters is 1. The maximum Gasteiger partial charge on any atom is 0.306 e. The quantitative estimate of drug-likeness (QED) is 0.606. The maximum atomic E-state index is 11.8. The number of carbonyl (C=O) groups excluding carboxylic acids is 2. The van der Waals surface area contributed by atoms with Crippen LogP contribution in [-0.4, -0.2) is 23.5 Å². The molecule has 1 aromatic carbocycles. The van der Waals surface area contributed by atoms with Crippen LogP contribution in [0.25, 0.3) is 10.9 Å². The summed E-state index contributed by atoms with van der Waals surface area (Å²) in [6.45, 7) is 1.52. The number of fused-ring (bicyclic) bond motifs is 1. The minimum absolute atomic E-state index is 0.266. The fourth-order valence-corrected chi connectivity index (χ4v) is 2.87. The van der Waals surface area contributed by atoms with Crippen LogP contribution in [0.1, 0.15) is 37.1 Å². The Bertz CT molecular complexity index is 867. The summed E-state index contributed by atoms with van der Waals surface area (Å²) in [5.74, 6) is -0.0621. The highest BCUT2D eigenvalue weighted by Crippen LogP contribution is 2.19. The number of H-pyrrole nitrogens is 1. The zero-order valence-electron chi connectivity index (χ0n) is 14.7. The predicted molar refractivity (Wildman–Crippen MR) is 97.5 cm³/mol. The molecule has 0 radical (unpaired) electrons. The third-order valence-electron chi connectivity index (χ3n) is 4.21. The number of benzene rings is 1. The molecule has 3 rings (SSSR count). The SMILES string of the molecule is C[C@H](NC(=O)COC(=O)CCCc1c[nH]c2ccccc12)c1ccco1. The van der Waals surface area contributed by atoms with Crippen LogP contribution in [-0.2, 0) is 20.7 Å². The average molecular weight is 354 g/mol. The van der Waals surface area contributed by atoms with Crippen molar-refractivity contribution in [1.82, 2.24) is 10.3 Å². The van der Waals surface area contributed by atoms with Gasteiger partial charge in [0.05, 0.1) is 12.3 Å². The molecule has 0 fully saturated rings. The van der Waals surface area contributed by atoms with Crippen LogP contribution in [0.5, 0.6) is 0 Å². The average Bonchev–Trinajstić information content (AvgIpc) is 3.30. The Morgan fingerprint density at radius 2 is 2.08 bits per heavy atom. The zero-order chi connectivity index (χ0) is 18.4. The molecule has 0 saturated heterocycles. The maximum absolute atomic E-state index is 11.8. The number of rotatable bonds is 8. The van der Waals surface area contributed by atoms with Gasteiger partial charge >= 0.3 is 5.97 Å². The molecule has 26 heavy (non-hydrogen) atoms. The number of para-hydroxylation sites is 1. The molecule has 0 bridgehead atoms. The lowest BCUT2D eigenvalue weighted by Crippen LogP contribution is -2.30. The lowest BCUT2D eigenvalue weighted by molar-refractivity contribution is -0.148. The summed E-state index contributed by atoms with van der Waals surface area (Å²) < 4.78 is 10.3. The van der Waals surface area contributed by atoms with Crippen molar-refractivity contribution < 1.29 is 18.7 Å². The van der Waals surface area contributed by atoms with E-state index in [1.54, 1.807) is 25.3 Å². The molecular formula is C20H22N2O4. The minimum atomic E-state index is -0.370. The number of aromatic nitrogens is 1. The predicted octanol–water partition coefficient (Wildman–Crippen LogP) is 3.50. The summed E-state index contributed by atoms with van der Waals surface area (Å²) in [4.78, 5) is 26.9. The molecule has 2 N–H and O–H groups in total. The molecule has 0 aliphatic carbocycles. The third kappa shape index (κ3) is 4.53. The second-order valence-electron chi connectivity index (χ2n) is 6.18. The molecule has 3 aromatic rings. The first-order valence-electron chi connectivity index (χ1n) is 8.67. The summed E-state index contributed by atoms with van der Waals surface area (Å²) in [7, 11) is 0. The number of aryl methyl sites for hydroxylation is 1. The van der Waals surface area contributed by atoms with Crippen molar-refractivity contribution >= 4 is 22.8 Å². The van der Waals surface area contributed by atoms with Gasteiger partial charge in [0.1, 0.15) is 5.76 Å². The van der Waals surface area contributed by atoms with Crippen molar-refractivity contribution in [3.8, 4) is 0 Å². The summed E-state index contributed by atoms with van der Waals surface area (Å²) in [5.41, 5.74) is 2.27. The van der Waals surface area contributed by atoms with E-state index in [0.717, 1.165) is 11.9 Å². The van der Waals surface area contributed by atoms with E-state index in [0.29, 0.717) is 12.2 Å². The van der Waals surface area contributed by atoms with E-state index >= 15 is 0 Å². The van der Waals surface area contributed by atoms with E-state index in [-0.39, 0.29) is 30.9 Å². The number of amides is 1. The van der Waals surface area contributed by atoms with Crippen LogP contribution in [0, 0.1) is 0 Å². The smallest absolute Gasteiger partial charge is 0.306 e. The van der Waals surface area contributed by atoms with Crippen molar-refractivity contribution in [1.29, 1.82) is 0 Å². The Morgan fingerprint density at radius 1 is 1.23 bits per heavy atom. The van der Waals surface area contributed by atoms with Gasteiger partial charge in [-0.1, -0.05) is 18.2 Å². The molecule has 6 nitrogen and oxygen atoms in total. The van der Waals surface area contributed by atoms with Crippen LogP contribution in [0.15, 0.2) is 53.3 Å². The number of hydrogen-bond donors (Lipinski definition) is 2. The zero-order valence-corrected chi connectivity index (χ0v) is 14.7. The first-order chi connectivity index (χ1) is 12.6. The topological polar surface area (TPSA) is 84.3 Å². The molecule has 2 heterocycles. The van der Waals surface area contributed by atoms with Gasteiger partial charge in [0.15, 0.2) is 6.61 Å². The largest absolute Gasteiger partial charge is 0.467 e. The van der Waals surface area contributed by atoms with E-state index in [1.807, 2.05) is 24.4 Å². The molecule has 1 amide bonds. The van der Waals surface area contributed by atoms with Crippen LogP contribution in [0.2, 0.25) is 0 Å². The van der Waals surface area contributed by atoms with Gasteiger partial charge in [-0.25, -0.2) is 0 Å². The summed E-state index contributed by atoms with van der Waals surface area (Å²) in [5, 5.41) is 3.90. The monoisotopic (exact) mass is 354 g/mol. The highest BCUT2D eigenvalue weighted by molar-refractivity contribution is 5.83. The van der Waals surface area contributed by atoms with Crippen molar-refractivity contribution in [3.05, 3.63) is 60.2 Å². The van der Waals surface area contributed by atoms with Crippen molar-refractivity contribution in [3.63, 3.8) is 0 Å². The highest BCUT2D eigenvalue weighted by Gasteiger charge is 2.13. The van der Waals surface area contributed by atoms with Gasteiger partial charge in [0, 0.05) is 23.5 Å². The van der Waals surface area contributed by atoms with E-state index in [2.05, 4.69) is 16.4 Å². The molecule has 0 saturated carbocycles. The molecule has 0 unspecified atom stereocenters. The van der Waals surface area contributed by atoms with Gasteiger partial charge in [-0.15, -0.1) is 0 Å². The number of carbonyl (C=O) groups is 2. The Balaban J connectivity index is 1.37. The van der Waals surface area contributed by atoms with Crippen molar-refractivity contribution in [2.75, 3.05) is 6.61 Å². The molecule has 0 spiro atoms. The highest BCUT2D eigenvalue weighted by atomic mass is 16.5. The molecule has 1 atom stereocenters. The summed E-state index contributed by atoms with van der Waals surface area (Å²) >= 11 is 0. The van der Waals surface area contributed by atoms with E-state index in [4.69, 9.17) is 9.15 Å². The second-order valence-corrected chi connectivity index (χ2v) is 6.18. The Hall–Kier alpha value is -3.02. The second kappa shape index (κ2) is 8.38. The lowest BCUT2D eigenvalue weighted by atomic mass is 10.1. The Morgan fingerprint density at radius 3 is 2.88 bits per heavy atom. The molecular weight excluding hydrogens is 332 g/mol. The first kappa shape index (κ1) is 17.8. The molecule has 6 heteroatoms. The van der Waals surface area contributed by atoms with Gasteiger partial charge in [-0.3, -0.25) is 9.59 Å². The van der Waals surface area contributed by atoms with Gasteiger partial charge in [0.2, 0.25) is 0 Å². The van der Waals surface area contributed by atoms with Crippen LogP contribution in [0.3, 0.4) is 0 Å². The van der Waals surface area contributed by atoms with Crippen LogP contribution in [0.4, 0.5) is 0 Å². The van der Waals surface area contributed by atoms with Crippen LogP contribution >= 0.6 is 0 Å². The van der Waals surface area contributed by atoms with Crippen molar-refractivity contribution in [2.24, 2.45) is 0 Å². The normalized spacial score (nSPS) is 12.0.